The first-order valence-corrected chi connectivity index (χ1v) is 8.04. The van der Waals surface area contributed by atoms with Crippen LogP contribution in [0.3, 0.4) is 0 Å². The maximum Gasteiger partial charge on any atom is 0.259 e. The normalized spacial score (nSPS) is 10.6. The van der Waals surface area contributed by atoms with E-state index >= 15 is 0 Å². The third kappa shape index (κ3) is 5.14. The fourth-order valence-electron chi connectivity index (χ4n) is 1.82. The van der Waals surface area contributed by atoms with Crippen LogP contribution in [0.2, 0.25) is 5.02 Å². The molecule has 0 atom stereocenters. The van der Waals surface area contributed by atoms with Gasteiger partial charge in [-0.05, 0) is 51.8 Å². The van der Waals surface area contributed by atoms with Crippen molar-refractivity contribution >= 4 is 45.3 Å². The van der Waals surface area contributed by atoms with Gasteiger partial charge in [0, 0.05) is 10.7 Å². The Morgan fingerprint density at radius 2 is 2.21 bits per heavy atom. The molecular weight excluding hydrogens is 398 g/mol. The lowest BCUT2D eigenvalue weighted by molar-refractivity contribution is -0.119. The van der Waals surface area contributed by atoms with Crippen molar-refractivity contribution in [1.82, 2.24) is 5.43 Å². The van der Waals surface area contributed by atoms with Gasteiger partial charge in [0.25, 0.3) is 5.91 Å². The number of amides is 1. The molecule has 0 aliphatic rings. The van der Waals surface area contributed by atoms with E-state index < -0.39 is 0 Å². The first kappa shape index (κ1) is 18.1. The van der Waals surface area contributed by atoms with Crippen LogP contribution in [0.15, 0.2) is 46.0 Å². The number of hydrogen-bond donors (Lipinski definition) is 3. The SMILES string of the molecule is COc1cc(/C=N/NC(=O)CNc2cccc(Cl)c2)cc(Br)c1O. The molecule has 0 saturated heterocycles. The van der Waals surface area contributed by atoms with Crippen molar-refractivity contribution < 1.29 is 14.6 Å². The van der Waals surface area contributed by atoms with Crippen LogP contribution in [0.5, 0.6) is 11.5 Å². The third-order valence-electron chi connectivity index (χ3n) is 2.95. The Labute approximate surface area is 152 Å². The van der Waals surface area contributed by atoms with Gasteiger partial charge in [-0.3, -0.25) is 4.79 Å². The predicted molar refractivity (Wildman–Crippen MR) is 98.0 cm³/mol. The van der Waals surface area contributed by atoms with Crippen molar-refractivity contribution in [2.75, 3.05) is 19.0 Å². The van der Waals surface area contributed by atoms with Crippen LogP contribution in [0.25, 0.3) is 0 Å². The summed E-state index contributed by atoms with van der Waals surface area (Å²) in [7, 11) is 1.45. The average Bonchev–Trinajstić information content (AvgIpc) is 2.56. The molecule has 0 aliphatic carbocycles. The van der Waals surface area contributed by atoms with Gasteiger partial charge in [-0.15, -0.1) is 0 Å². The number of phenolic OH excluding ortho intramolecular Hbond substituents is 1. The smallest absolute Gasteiger partial charge is 0.259 e. The van der Waals surface area contributed by atoms with Crippen molar-refractivity contribution in [2.45, 2.75) is 0 Å². The third-order valence-corrected chi connectivity index (χ3v) is 3.79. The van der Waals surface area contributed by atoms with E-state index in [1.54, 1.807) is 30.3 Å². The van der Waals surface area contributed by atoms with Crippen molar-refractivity contribution in [3.05, 3.63) is 51.5 Å². The molecule has 8 heteroatoms. The van der Waals surface area contributed by atoms with Crippen LogP contribution in [0.4, 0.5) is 5.69 Å². The molecule has 0 heterocycles. The molecule has 1 amide bonds. The molecule has 0 aromatic heterocycles. The number of phenols is 1. The molecule has 3 N–H and O–H groups in total. The molecule has 6 nitrogen and oxygen atoms in total. The van der Waals surface area contributed by atoms with Gasteiger partial charge in [0.05, 0.1) is 24.3 Å². The van der Waals surface area contributed by atoms with Crippen molar-refractivity contribution in [3.8, 4) is 11.5 Å². The molecule has 0 fully saturated rings. The summed E-state index contributed by atoms with van der Waals surface area (Å²) in [5.74, 6) is 0.000200. The van der Waals surface area contributed by atoms with E-state index in [1.807, 2.05) is 6.07 Å². The number of hydrogen-bond acceptors (Lipinski definition) is 5. The van der Waals surface area contributed by atoms with E-state index in [0.717, 1.165) is 5.69 Å². The number of benzene rings is 2. The number of carbonyl (C=O) groups excluding carboxylic acids is 1. The predicted octanol–water partition coefficient (Wildman–Crippen LogP) is 3.38. The second-order valence-electron chi connectivity index (χ2n) is 4.71. The maximum absolute atomic E-state index is 11.7. The number of ether oxygens (including phenoxy) is 1. The largest absolute Gasteiger partial charge is 0.503 e. The summed E-state index contributed by atoms with van der Waals surface area (Å²) >= 11 is 9.08. The molecule has 2 rings (SSSR count). The Bertz CT molecular complexity index is 768. The summed E-state index contributed by atoms with van der Waals surface area (Å²) in [6.07, 6.45) is 1.45. The van der Waals surface area contributed by atoms with Crippen molar-refractivity contribution in [1.29, 1.82) is 0 Å². The highest BCUT2D eigenvalue weighted by Gasteiger charge is 2.07. The molecule has 0 unspecified atom stereocenters. The van der Waals surface area contributed by atoms with Gasteiger partial charge in [0.1, 0.15) is 0 Å². The van der Waals surface area contributed by atoms with Crippen LogP contribution in [-0.4, -0.2) is 30.9 Å². The molecule has 0 saturated carbocycles. The van der Waals surface area contributed by atoms with Crippen LogP contribution < -0.4 is 15.5 Å². The minimum Gasteiger partial charge on any atom is -0.503 e. The average molecular weight is 413 g/mol. The summed E-state index contributed by atoms with van der Waals surface area (Å²) in [4.78, 5) is 11.7. The second-order valence-corrected chi connectivity index (χ2v) is 6.00. The van der Waals surface area contributed by atoms with E-state index in [9.17, 15) is 9.90 Å². The van der Waals surface area contributed by atoms with E-state index in [1.165, 1.54) is 13.3 Å². The zero-order valence-corrected chi connectivity index (χ0v) is 15.1. The zero-order chi connectivity index (χ0) is 17.5. The van der Waals surface area contributed by atoms with E-state index in [4.69, 9.17) is 16.3 Å². The molecule has 2 aromatic carbocycles. The highest BCUT2D eigenvalue weighted by molar-refractivity contribution is 9.10. The Morgan fingerprint density at radius 3 is 2.92 bits per heavy atom. The van der Waals surface area contributed by atoms with Gasteiger partial charge in [0.15, 0.2) is 11.5 Å². The highest BCUT2D eigenvalue weighted by Crippen LogP contribution is 2.34. The Kier molecular flexibility index (Phi) is 6.45. The van der Waals surface area contributed by atoms with Gasteiger partial charge in [0.2, 0.25) is 0 Å². The number of methoxy groups -OCH3 is 1. The number of nitrogens with one attached hydrogen (secondary N) is 2. The Morgan fingerprint density at radius 1 is 1.42 bits per heavy atom. The van der Waals surface area contributed by atoms with Gasteiger partial charge in [-0.1, -0.05) is 17.7 Å². The second kappa shape index (κ2) is 8.56. The lowest BCUT2D eigenvalue weighted by atomic mass is 10.2. The lowest BCUT2D eigenvalue weighted by Gasteiger charge is -2.07. The number of carbonyl (C=O) groups is 1. The number of halogens is 2. The molecular formula is C16H15BrClN3O3. The lowest BCUT2D eigenvalue weighted by Crippen LogP contribution is -2.25. The van der Waals surface area contributed by atoms with E-state index in [0.29, 0.717) is 20.8 Å². The summed E-state index contributed by atoms with van der Waals surface area (Å²) in [6, 6.07) is 10.3. The van der Waals surface area contributed by atoms with Crippen LogP contribution >= 0.6 is 27.5 Å². The monoisotopic (exact) mass is 411 g/mol. The van der Waals surface area contributed by atoms with Gasteiger partial charge >= 0.3 is 0 Å². The van der Waals surface area contributed by atoms with Crippen LogP contribution in [-0.2, 0) is 4.79 Å². The van der Waals surface area contributed by atoms with Crippen molar-refractivity contribution in [2.24, 2.45) is 5.10 Å². The minimum atomic E-state index is -0.309. The Hall–Kier alpha value is -2.25. The molecule has 126 valence electrons. The number of rotatable bonds is 6. The number of nitrogens with zero attached hydrogens (tertiary/aromatic N) is 1. The Balaban J connectivity index is 1.89. The maximum atomic E-state index is 11.7. The zero-order valence-electron chi connectivity index (χ0n) is 12.7. The van der Waals surface area contributed by atoms with Gasteiger partial charge < -0.3 is 15.2 Å². The van der Waals surface area contributed by atoms with Crippen LogP contribution in [0.1, 0.15) is 5.56 Å². The standard InChI is InChI=1S/C16H15BrClN3O3/c1-24-14-6-10(5-13(17)16(14)23)8-20-21-15(22)9-19-12-4-2-3-11(18)7-12/h2-8,19,23H,9H2,1H3,(H,21,22)/b20-8+. The number of aromatic hydroxyl groups is 1. The van der Waals surface area contributed by atoms with Crippen LogP contribution in [0, 0.1) is 0 Å². The van der Waals surface area contributed by atoms with Gasteiger partial charge in [-0.25, -0.2) is 5.43 Å². The summed E-state index contributed by atoms with van der Waals surface area (Å²) in [5, 5.41) is 17.1. The highest BCUT2D eigenvalue weighted by atomic mass is 79.9. The number of hydrazone groups is 1. The van der Waals surface area contributed by atoms with Gasteiger partial charge in [-0.2, -0.15) is 5.10 Å². The summed E-state index contributed by atoms with van der Waals surface area (Å²) in [5.41, 5.74) is 3.80. The molecule has 0 aliphatic heterocycles. The first-order chi connectivity index (χ1) is 11.5. The molecule has 0 spiro atoms. The molecule has 0 radical (unpaired) electrons. The minimum absolute atomic E-state index is 0.00408. The van der Waals surface area contributed by atoms with E-state index in [-0.39, 0.29) is 18.2 Å². The molecule has 24 heavy (non-hydrogen) atoms. The molecule has 0 bridgehead atoms. The van der Waals surface area contributed by atoms with E-state index in [2.05, 4.69) is 31.8 Å². The number of anilines is 1. The quantitative estimate of drug-likeness (QED) is 0.502. The first-order valence-electron chi connectivity index (χ1n) is 6.87. The topological polar surface area (TPSA) is 83.0 Å². The summed E-state index contributed by atoms with van der Waals surface area (Å²) in [6.45, 7) is 0.0558. The summed E-state index contributed by atoms with van der Waals surface area (Å²) < 4.78 is 5.51. The molecule has 2 aromatic rings. The fraction of sp³-hybridized carbons (Fsp3) is 0.125. The fourth-order valence-corrected chi connectivity index (χ4v) is 2.47. The van der Waals surface area contributed by atoms with Crippen molar-refractivity contribution in [3.63, 3.8) is 0 Å².